The minimum atomic E-state index is -0.411. The van der Waals surface area contributed by atoms with Gasteiger partial charge in [-0.3, -0.25) is 9.18 Å². The molecule has 0 radical (unpaired) electrons. The molecule has 120 valence electrons. The van der Waals surface area contributed by atoms with E-state index in [0.29, 0.717) is 5.92 Å². The van der Waals surface area contributed by atoms with Crippen LogP contribution in [0.5, 0.6) is 0 Å². The Morgan fingerprint density at radius 2 is 1.95 bits per heavy atom. The van der Waals surface area contributed by atoms with E-state index in [0.717, 1.165) is 44.9 Å². The highest BCUT2D eigenvalue weighted by Gasteiger charge is 2.61. The Bertz CT molecular complexity index is 609. The van der Waals surface area contributed by atoms with Crippen LogP contribution < -0.4 is 5.73 Å². The van der Waals surface area contributed by atoms with Crippen molar-refractivity contribution < 1.29 is 10.6 Å². The normalized spacial score (nSPS) is 43.0. The Morgan fingerprint density at radius 3 is 2.64 bits per heavy atom. The largest absolute Gasteiger partial charge is 0.369 e. The van der Waals surface area contributed by atoms with E-state index in [4.69, 9.17) is 5.73 Å². The molecule has 0 spiro atoms. The van der Waals surface area contributed by atoms with Crippen molar-refractivity contribution >= 4 is 5.91 Å². The van der Waals surface area contributed by atoms with E-state index >= 15 is 0 Å². The van der Waals surface area contributed by atoms with E-state index in [-0.39, 0.29) is 24.8 Å². The van der Waals surface area contributed by atoms with E-state index in [1.165, 1.54) is 5.56 Å². The van der Waals surface area contributed by atoms with Gasteiger partial charge in [0.25, 0.3) is 0 Å². The zero-order valence-electron chi connectivity index (χ0n) is 13.0. The highest BCUT2D eigenvalue weighted by atomic mass is 19.1. The summed E-state index contributed by atoms with van der Waals surface area (Å²) >= 11 is 0. The summed E-state index contributed by atoms with van der Waals surface area (Å²) in [6.45, 7) is -0.257. The molecule has 4 aliphatic rings. The number of fused-ring (bicyclic) bond motifs is 1. The molecule has 2 unspecified atom stereocenters. The van der Waals surface area contributed by atoms with Crippen LogP contribution in [0, 0.1) is 16.7 Å². The van der Waals surface area contributed by atoms with Gasteiger partial charge in [-0.05, 0) is 67.3 Å². The van der Waals surface area contributed by atoms with E-state index in [1.807, 2.05) is 6.07 Å². The Labute approximate surface area is 132 Å². The second-order valence-electron chi connectivity index (χ2n) is 8.26. The first kappa shape index (κ1) is 14.2. The van der Waals surface area contributed by atoms with Crippen molar-refractivity contribution in [2.45, 2.75) is 50.4 Å². The van der Waals surface area contributed by atoms with Gasteiger partial charge in [-0.15, -0.1) is 0 Å². The Hall–Kier alpha value is -1.38. The SMILES string of the molecule is NC(=O)C12CC[C@]3(CF)CC(C1)C[C@](c1ccccc1)(C2)C3.[HH]. The minimum absolute atomic E-state index is 0. The van der Waals surface area contributed by atoms with Crippen LogP contribution in [0.1, 0.15) is 51.9 Å². The van der Waals surface area contributed by atoms with Crippen molar-refractivity contribution in [2.75, 3.05) is 6.67 Å². The Morgan fingerprint density at radius 1 is 1.18 bits per heavy atom. The van der Waals surface area contributed by atoms with Gasteiger partial charge >= 0.3 is 0 Å². The average molecular weight is 303 g/mol. The molecular formula is C19H26FNO. The van der Waals surface area contributed by atoms with Crippen molar-refractivity contribution in [3.05, 3.63) is 35.9 Å². The third-order valence-corrected chi connectivity index (χ3v) is 6.80. The lowest BCUT2D eigenvalue weighted by Gasteiger charge is -2.54. The number of nitrogens with two attached hydrogens (primary N) is 1. The first-order chi connectivity index (χ1) is 10.5. The van der Waals surface area contributed by atoms with Crippen LogP contribution in [0.2, 0.25) is 0 Å². The maximum Gasteiger partial charge on any atom is 0.223 e. The van der Waals surface area contributed by atoms with E-state index in [9.17, 15) is 9.18 Å². The van der Waals surface area contributed by atoms with Crippen molar-refractivity contribution in [3.8, 4) is 0 Å². The summed E-state index contributed by atoms with van der Waals surface area (Å²) in [6.07, 6.45) is 6.19. The lowest BCUT2D eigenvalue weighted by atomic mass is 9.49. The van der Waals surface area contributed by atoms with E-state index < -0.39 is 5.41 Å². The topological polar surface area (TPSA) is 43.1 Å². The molecule has 1 aromatic carbocycles. The molecule has 0 saturated heterocycles. The number of hydrogen-bond acceptors (Lipinski definition) is 1. The zero-order chi connectivity index (χ0) is 15.4. The lowest BCUT2D eigenvalue weighted by Crippen LogP contribution is -2.51. The van der Waals surface area contributed by atoms with E-state index in [2.05, 4.69) is 24.3 Å². The molecule has 0 aliphatic heterocycles. The van der Waals surface area contributed by atoms with Crippen LogP contribution in [0.3, 0.4) is 0 Å². The van der Waals surface area contributed by atoms with Crippen molar-refractivity contribution in [2.24, 2.45) is 22.5 Å². The van der Waals surface area contributed by atoms with E-state index in [1.54, 1.807) is 0 Å². The molecule has 2 N–H and O–H groups in total. The maximum atomic E-state index is 14.0. The number of carbonyl (C=O) groups is 1. The van der Waals surface area contributed by atoms with Crippen LogP contribution in [-0.4, -0.2) is 12.6 Å². The summed E-state index contributed by atoms with van der Waals surface area (Å²) in [5.41, 5.74) is 6.43. The smallest absolute Gasteiger partial charge is 0.223 e. The number of carbonyl (C=O) groups excluding carboxylic acids is 1. The standard InChI is InChI=1S/C19H24FNO.H2/c20-13-17-6-7-18(16(21)22)9-14(8-17)10-19(11-17,12-18)15-4-2-1-3-5-15;/h1-5,14H,6-13H2,(H2,21,22);1H/t14?,17-,18?,19+;/m0./s1. The highest BCUT2D eigenvalue weighted by molar-refractivity contribution is 5.81. The number of halogens is 1. The zero-order valence-corrected chi connectivity index (χ0v) is 13.0. The molecule has 5 rings (SSSR count). The van der Waals surface area contributed by atoms with Crippen molar-refractivity contribution in [1.29, 1.82) is 0 Å². The lowest BCUT2D eigenvalue weighted by molar-refractivity contribution is -0.133. The van der Waals surface area contributed by atoms with Gasteiger partial charge in [-0.2, -0.15) is 0 Å². The summed E-state index contributed by atoms with van der Waals surface area (Å²) in [4.78, 5) is 12.3. The predicted molar refractivity (Wildman–Crippen MR) is 86.1 cm³/mol. The number of rotatable bonds is 3. The van der Waals surface area contributed by atoms with Gasteiger partial charge in [0.05, 0.1) is 12.1 Å². The molecule has 4 fully saturated rings. The number of primary amides is 1. The second-order valence-corrected chi connectivity index (χ2v) is 8.26. The predicted octanol–water partition coefficient (Wildman–Crippen LogP) is 3.99. The van der Waals surface area contributed by atoms with Crippen molar-refractivity contribution in [1.82, 2.24) is 0 Å². The van der Waals surface area contributed by atoms with Gasteiger partial charge in [-0.1, -0.05) is 30.3 Å². The molecule has 4 saturated carbocycles. The molecule has 2 nitrogen and oxygen atoms in total. The third-order valence-electron chi connectivity index (χ3n) is 6.80. The highest BCUT2D eigenvalue weighted by Crippen LogP contribution is 2.66. The summed E-state index contributed by atoms with van der Waals surface area (Å²) < 4.78 is 14.0. The molecule has 22 heavy (non-hydrogen) atoms. The van der Waals surface area contributed by atoms with Crippen LogP contribution in [-0.2, 0) is 10.2 Å². The summed E-state index contributed by atoms with van der Waals surface area (Å²) in [5.74, 6) is 0.280. The maximum absolute atomic E-state index is 14.0. The third kappa shape index (κ3) is 1.87. The molecular weight excluding hydrogens is 277 g/mol. The molecule has 1 amide bonds. The van der Waals surface area contributed by atoms with Crippen LogP contribution in [0.4, 0.5) is 4.39 Å². The fourth-order valence-electron chi connectivity index (χ4n) is 6.13. The molecule has 4 aliphatic carbocycles. The van der Waals surface area contributed by atoms with Crippen molar-refractivity contribution in [3.63, 3.8) is 0 Å². The van der Waals surface area contributed by atoms with Crippen LogP contribution >= 0.6 is 0 Å². The van der Waals surface area contributed by atoms with Crippen LogP contribution in [0.15, 0.2) is 30.3 Å². The number of alkyl halides is 1. The fraction of sp³-hybridized carbons (Fsp3) is 0.632. The van der Waals surface area contributed by atoms with Gasteiger partial charge in [0.1, 0.15) is 0 Å². The molecule has 3 heteroatoms. The number of amides is 1. The first-order valence-electron chi connectivity index (χ1n) is 8.43. The second kappa shape index (κ2) is 4.56. The quantitative estimate of drug-likeness (QED) is 0.901. The molecule has 1 aromatic rings. The summed E-state index contributed by atoms with van der Waals surface area (Å²) in [7, 11) is 0. The van der Waals surface area contributed by atoms with Gasteiger partial charge in [-0.25, -0.2) is 0 Å². The average Bonchev–Trinajstić information content (AvgIpc) is 2.71. The van der Waals surface area contributed by atoms with Gasteiger partial charge in [0, 0.05) is 1.43 Å². The monoisotopic (exact) mass is 303 g/mol. The Kier molecular flexibility index (Phi) is 2.95. The first-order valence-corrected chi connectivity index (χ1v) is 8.43. The van der Waals surface area contributed by atoms with Crippen LogP contribution in [0.25, 0.3) is 0 Å². The minimum Gasteiger partial charge on any atom is -0.369 e. The molecule has 0 aromatic heterocycles. The summed E-state index contributed by atoms with van der Waals surface area (Å²) in [5, 5.41) is 0. The number of hydrogen-bond donors (Lipinski definition) is 1. The molecule has 0 heterocycles. The fourth-order valence-corrected chi connectivity index (χ4v) is 6.13. The van der Waals surface area contributed by atoms with Gasteiger partial charge < -0.3 is 5.73 Å². The van der Waals surface area contributed by atoms with Gasteiger partial charge in [0.15, 0.2) is 0 Å². The Balaban J connectivity index is 0.00000156. The summed E-state index contributed by atoms with van der Waals surface area (Å²) in [6, 6.07) is 10.5. The number of benzene rings is 1. The molecule has 4 bridgehead atoms. The molecule has 4 atom stereocenters. The van der Waals surface area contributed by atoms with Gasteiger partial charge in [0.2, 0.25) is 5.91 Å².